The average Bonchev–Trinajstić information content (AvgIpc) is 3.33. The molecule has 10 nitrogen and oxygen atoms in total. The molecule has 3 aromatic rings. The molecule has 1 saturated heterocycles. The maximum atomic E-state index is 14.0. The molecule has 2 N–H and O–H groups in total. The normalized spacial score (nSPS) is 24.4. The molecular weight excluding hydrogens is 484 g/mol. The Morgan fingerprint density at radius 1 is 1.08 bits per heavy atom. The first-order valence-electron chi connectivity index (χ1n) is 13.5. The monoisotopic (exact) mass is 518 g/mol. The third kappa shape index (κ3) is 4.57. The molecule has 1 aliphatic carbocycles. The average molecular weight is 519 g/mol. The summed E-state index contributed by atoms with van der Waals surface area (Å²) in [6.45, 7) is 3.39. The Kier molecular flexibility index (Phi) is 6.43. The largest absolute Gasteiger partial charge is 0.483 e. The SMILES string of the molecule is Cc1ccc2c(c1)C(=O)N1CCCCC1c1cc3nc(C4CC(O)C4)cc(n3n1)N(C)CCNC(=O)CO2. The van der Waals surface area contributed by atoms with Gasteiger partial charge in [0.2, 0.25) is 0 Å². The zero-order chi connectivity index (χ0) is 26.4. The molecule has 1 unspecified atom stereocenters. The lowest BCUT2D eigenvalue weighted by Gasteiger charge is -2.35. The first-order chi connectivity index (χ1) is 18.4. The van der Waals surface area contributed by atoms with Crippen LogP contribution < -0.4 is 15.0 Å². The van der Waals surface area contributed by atoms with Gasteiger partial charge in [0.05, 0.1) is 23.4 Å². The van der Waals surface area contributed by atoms with Gasteiger partial charge in [0.1, 0.15) is 11.6 Å². The smallest absolute Gasteiger partial charge is 0.258 e. The predicted octanol–water partition coefficient (Wildman–Crippen LogP) is 2.59. The van der Waals surface area contributed by atoms with E-state index in [1.807, 2.05) is 47.7 Å². The van der Waals surface area contributed by atoms with E-state index in [1.54, 1.807) is 6.07 Å². The summed E-state index contributed by atoms with van der Waals surface area (Å²) in [5, 5.41) is 17.8. The summed E-state index contributed by atoms with van der Waals surface area (Å²) >= 11 is 0. The standard InChI is InChI=1S/C28H34N6O4/c1-17-6-7-24-20(11-17)28(37)33-9-4-3-5-23(33)22-14-25-30-21(18-12-19(35)13-18)15-27(34(25)31-22)32(2)10-8-29-26(36)16-38-24/h6-7,11,14-15,18-19,23,35H,3-5,8-10,12-13,16H2,1-2H3,(H,29,36). The number of amides is 2. The van der Waals surface area contributed by atoms with E-state index in [0.717, 1.165) is 47.7 Å². The van der Waals surface area contributed by atoms with Gasteiger partial charge >= 0.3 is 0 Å². The Morgan fingerprint density at radius 3 is 2.74 bits per heavy atom. The first kappa shape index (κ1) is 24.7. The lowest BCUT2D eigenvalue weighted by molar-refractivity contribution is -0.123. The summed E-state index contributed by atoms with van der Waals surface area (Å²) in [4.78, 5) is 35.4. The number of ether oxygens (including phenoxy) is 1. The molecule has 4 heterocycles. The number of carbonyl (C=O) groups is 2. The Bertz CT molecular complexity index is 1380. The van der Waals surface area contributed by atoms with E-state index in [1.165, 1.54) is 0 Å². The van der Waals surface area contributed by atoms with Crippen molar-refractivity contribution in [1.82, 2.24) is 24.8 Å². The van der Waals surface area contributed by atoms with Crippen LogP contribution in [0, 0.1) is 6.92 Å². The van der Waals surface area contributed by atoms with Gasteiger partial charge in [0, 0.05) is 50.4 Å². The molecule has 38 heavy (non-hydrogen) atoms. The van der Waals surface area contributed by atoms with E-state index in [4.69, 9.17) is 14.8 Å². The number of aliphatic hydroxyl groups is 1. The predicted molar refractivity (Wildman–Crippen MR) is 142 cm³/mol. The number of benzene rings is 1. The Balaban J connectivity index is 1.46. The van der Waals surface area contributed by atoms with Crippen LogP contribution in [0.25, 0.3) is 5.65 Å². The maximum absolute atomic E-state index is 14.0. The van der Waals surface area contributed by atoms with Crippen molar-refractivity contribution in [2.24, 2.45) is 0 Å². The minimum absolute atomic E-state index is 0.118. The Labute approximate surface area is 221 Å². The quantitative estimate of drug-likeness (QED) is 0.509. The first-order valence-corrected chi connectivity index (χ1v) is 13.5. The number of rotatable bonds is 1. The van der Waals surface area contributed by atoms with Crippen LogP contribution in [0.1, 0.15) is 71.4 Å². The number of hydrogen-bond donors (Lipinski definition) is 2. The van der Waals surface area contributed by atoms with Crippen molar-refractivity contribution in [3.63, 3.8) is 0 Å². The van der Waals surface area contributed by atoms with Crippen molar-refractivity contribution >= 4 is 23.3 Å². The number of nitrogens with one attached hydrogen (secondary N) is 1. The summed E-state index contributed by atoms with van der Waals surface area (Å²) in [7, 11) is 1.97. The fraction of sp³-hybridized carbons (Fsp3) is 0.500. The van der Waals surface area contributed by atoms with E-state index in [9.17, 15) is 14.7 Å². The zero-order valence-corrected chi connectivity index (χ0v) is 21.9. The summed E-state index contributed by atoms with van der Waals surface area (Å²) in [5.74, 6) is 1.12. The molecule has 2 aromatic heterocycles. The number of carbonyl (C=O) groups excluding carboxylic acids is 2. The number of aryl methyl sites for hydroxylation is 1. The second kappa shape index (κ2) is 9.90. The number of piperidine rings is 1. The fourth-order valence-electron chi connectivity index (χ4n) is 5.71. The van der Waals surface area contributed by atoms with Gasteiger partial charge in [-0.3, -0.25) is 9.59 Å². The highest BCUT2D eigenvalue weighted by molar-refractivity contribution is 5.97. The lowest BCUT2D eigenvalue weighted by Crippen LogP contribution is -2.39. The van der Waals surface area contributed by atoms with Crippen molar-refractivity contribution in [2.75, 3.05) is 38.2 Å². The van der Waals surface area contributed by atoms with Gasteiger partial charge in [-0.15, -0.1) is 0 Å². The fourth-order valence-corrected chi connectivity index (χ4v) is 5.71. The van der Waals surface area contributed by atoms with Crippen LogP contribution >= 0.6 is 0 Å². The van der Waals surface area contributed by atoms with E-state index < -0.39 is 0 Å². The zero-order valence-electron chi connectivity index (χ0n) is 21.9. The number of fused-ring (bicyclic) bond motifs is 4. The number of anilines is 1. The highest BCUT2D eigenvalue weighted by Crippen LogP contribution is 2.38. The van der Waals surface area contributed by atoms with Gasteiger partial charge in [-0.25, -0.2) is 4.98 Å². The molecule has 2 bridgehead atoms. The van der Waals surface area contributed by atoms with Gasteiger partial charge in [0.15, 0.2) is 12.3 Å². The van der Waals surface area contributed by atoms with E-state index in [0.29, 0.717) is 43.8 Å². The number of aliphatic hydroxyl groups excluding tert-OH is 1. The lowest BCUT2D eigenvalue weighted by atomic mass is 9.80. The summed E-state index contributed by atoms with van der Waals surface area (Å²) in [6, 6.07) is 9.35. The van der Waals surface area contributed by atoms with E-state index >= 15 is 0 Å². The number of likely N-dealkylation sites (N-methyl/N-ethyl adjacent to an activating group) is 1. The molecule has 0 radical (unpaired) electrons. The van der Waals surface area contributed by atoms with Gasteiger partial charge < -0.3 is 25.0 Å². The van der Waals surface area contributed by atoms with Crippen LogP contribution in [0.5, 0.6) is 5.75 Å². The van der Waals surface area contributed by atoms with Crippen LogP contribution in [0.3, 0.4) is 0 Å². The minimum atomic E-state index is -0.278. The summed E-state index contributed by atoms with van der Waals surface area (Å²) < 4.78 is 7.70. The molecule has 200 valence electrons. The Morgan fingerprint density at radius 2 is 1.92 bits per heavy atom. The van der Waals surface area contributed by atoms with Crippen molar-refractivity contribution in [3.05, 3.63) is 52.8 Å². The molecular formula is C28H34N6O4. The van der Waals surface area contributed by atoms with Gasteiger partial charge in [-0.1, -0.05) is 11.6 Å². The van der Waals surface area contributed by atoms with Crippen molar-refractivity contribution < 1.29 is 19.4 Å². The van der Waals surface area contributed by atoms with Crippen LogP contribution in [-0.2, 0) is 4.79 Å². The highest BCUT2D eigenvalue weighted by Gasteiger charge is 2.34. The number of hydrogen-bond acceptors (Lipinski definition) is 7. The molecule has 10 heteroatoms. The topological polar surface area (TPSA) is 112 Å². The third-order valence-electron chi connectivity index (χ3n) is 7.97. The number of aromatic nitrogens is 3. The molecule has 6 rings (SSSR count). The maximum Gasteiger partial charge on any atom is 0.258 e. The highest BCUT2D eigenvalue weighted by atomic mass is 16.5. The molecule has 1 atom stereocenters. The number of nitrogens with zero attached hydrogens (tertiary/aromatic N) is 5. The molecule has 0 spiro atoms. The van der Waals surface area contributed by atoms with Crippen molar-refractivity contribution in [3.8, 4) is 5.75 Å². The molecule has 2 fully saturated rings. The summed E-state index contributed by atoms with van der Waals surface area (Å²) in [5.41, 5.74) is 3.90. The summed E-state index contributed by atoms with van der Waals surface area (Å²) in [6.07, 6.45) is 3.86. The molecule has 1 saturated carbocycles. The Hall–Kier alpha value is -3.66. The van der Waals surface area contributed by atoms with Crippen LogP contribution in [0.2, 0.25) is 0 Å². The molecule has 1 aromatic carbocycles. The van der Waals surface area contributed by atoms with E-state index in [-0.39, 0.29) is 36.5 Å². The van der Waals surface area contributed by atoms with Crippen LogP contribution in [-0.4, -0.2) is 75.8 Å². The van der Waals surface area contributed by atoms with Crippen molar-refractivity contribution in [1.29, 1.82) is 0 Å². The molecule has 2 amide bonds. The minimum Gasteiger partial charge on any atom is -0.483 e. The molecule has 3 aliphatic rings. The van der Waals surface area contributed by atoms with Gasteiger partial charge in [0.25, 0.3) is 11.8 Å². The van der Waals surface area contributed by atoms with Crippen LogP contribution in [0.15, 0.2) is 30.3 Å². The van der Waals surface area contributed by atoms with Gasteiger partial charge in [-0.2, -0.15) is 9.61 Å². The third-order valence-corrected chi connectivity index (χ3v) is 7.97. The second-order valence-electron chi connectivity index (χ2n) is 10.8. The van der Waals surface area contributed by atoms with Crippen molar-refractivity contribution in [2.45, 2.75) is 57.1 Å². The van der Waals surface area contributed by atoms with E-state index in [2.05, 4.69) is 10.2 Å². The molecule has 2 aliphatic heterocycles. The van der Waals surface area contributed by atoms with Crippen LogP contribution in [0.4, 0.5) is 5.82 Å². The second-order valence-corrected chi connectivity index (χ2v) is 10.8. The van der Waals surface area contributed by atoms with Gasteiger partial charge in [-0.05, 0) is 51.2 Å².